The fraction of sp³-hybridized carbons (Fsp3) is 0.429. The van der Waals surface area contributed by atoms with E-state index in [9.17, 15) is 0 Å². The van der Waals surface area contributed by atoms with Crippen molar-refractivity contribution in [3.8, 4) is 0 Å². The lowest BCUT2D eigenvalue weighted by Crippen LogP contribution is -2.27. The summed E-state index contributed by atoms with van der Waals surface area (Å²) in [7, 11) is 7.73. The lowest BCUT2D eigenvalue weighted by Gasteiger charge is -2.27. The third-order valence-corrected chi connectivity index (χ3v) is 4.27. The molecule has 0 aliphatic carbocycles. The van der Waals surface area contributed by atoms with E-state index in [1.54, 1.807) is 6.08 Å². The van der Waals surface area contributed by atoms with Crippen LogP contribution < -0.4 is 5.32 Å². The van der Waals surface area contributed by atoms with Crippen LogP contribution in [0.2, 0.25) is 0 Å². The molecule has 0 saturated heterocycles. The second kappa shape index (κ2) is 12.1. The van der Waals surface area contributed by atoms with Gasteiger partial charge in [0, 0.05) is 24.5 Å². The van der Waals surface area contributed by atoms with E-state index in [0.29, 0.717) is 23.9 Å². The van der Waals surface area contributed by atoms with E-state index in [0.717, 1.165) is 29.8 Å². The fourth-order valence-electron chi connectivity index (χ4n) is 2.28. The van der Waals surface area contributed by atoms with Crippen molar-refractivity contribution in [2.24, 2.45) is 0 Å². The van der Waals surface area contributed by atoms with Gasteiger partial charge in [-0.3, -0.25) is 0 Å². The molecule has 2 radical (unpaired) electrons. The molecule has 0 aromatic carbocycles. The number of nitrogens with one attached hydrogen (secondary N) is 1. The molecule has 0 heterocycles. The number of hydrogen-bond donors (Lipinski definition) is 3. The standard InChI is InChI=1S/C21H33BN2OS2/c1-9-12-16(5)24(8)17(6)14-13-15(4)18(7)23-19(10-2)20(11-3)25-21(22,26)27/h11,13-14,16,23,26-27H,3-4,6-7,9-10,12H2,1-2,5,8H3/b14-13-,20-19-. The summed E-state index contributed by atoms with van der Waals surface area (Å²) in [6, 6.07) is 0.433. The van der Waals surface area contributed by atoms with E-state index < -0.39 is 4.16 Å². The topological polar surface area (TPSA) is 24.5 Å². The van der Waals surface area contributed by atoms with Crippen LogP contribution in [0.4, 0.5) is 0 Å². The molecule has 0 aliphatic heterocycles. The first-order valence-electron chi connectivity index (χ1n) is 8.99. The molecule has 0 aromatic heterocycles. The van der Waals surface area contributed by atoms with Gasteiger partial charge in [0.2, 0.25) is 0 Å². The minimum absolute atomic E-state index is 0.433. The average Bonchev–Trinajstić information content (AvgIpc) is 2.60. The second-order valence-corrected chi connectivity index (χ2v) is 8.04. The number of hydrogen-bond acceptors (Lipinski definition) is 5. The number of rotatable bonds is 13. The molecule has 1 atom stereocenters. The highest BCUT2D eigenvalue weighted by molar-refractivity contribution is 8.02. The SMILES string of the molecule is [B]C(S)(S)O/C(C=C)=C(/CC)NC(=C)C(=C)/C=C\C(=C)N(C)C(C)CCC. The van der Waals surface area contributed by atoms with Gasteiger partial charge in [0.15, 0.2) is 7.85 Å². The lowest BCUT2D eigenvalue weighted by atomic mass is 10.1. The lowest BCUT2D eigenvalue weighted by molar-refractivity contribution is 0.231. The first-order chi connectivity index (χ1) is 12.5. The Morgan fingerprint density at radius 2 is 1.85 bits per heavy atom. The Labute approximate surface area is 178 Å². The van der Waals surface area contributed by atoms with Gasteiger partial charge in [-0.15, -0.1) is 25.3 Å². The summed E-state index contributed by atoms with van der Waals surface area (Å²) in [6.45, 7) is 22.3. The van der Waals surface area contributed by atoms with E-state index >= 15 is 0 Å². The van der Waals surface area contributed by atoms with Crippen LogP contribution in [0.15, 0.2) is 73.0 Å². The van der Waals surface area contributed by atoms with Crippen molar-refractivity contribution in [1.29, 1.82) is 0 Å². The fourth-order valence-corrected chi connectivity index (χ4v) is 2.48. The van der Waals surface area contributed by atoms with Gasteiger partial charge in [-0.1, -0.05) is 52.7 Å². The van der Waals surface area contributed by atoms with Crippen LogP contribution >= 0.6 is 25.3 Å². The predicted octanol–water partition coefficient (Wildman–Crippen LogP) is 5.30. The number of likely N-dealkylation sites (N-methyl/N-ethyl adjacent to an activating group) is 1. The molecule has 1 N–H and O–H groups in total. The zero-order valence-electron chi connectivity index (χ0n) is 17.1. The van der Waals surface area contributed by atoms with Crippen molar-refractivity contribution in [2.75, 3.05) is 7.05 Å². The maximum absolute atomic E-state index is 5.68. The number of thiol groups is 2. The van der Waals surface area contributed by atoms with Crippen LogP contribution in [0.25, 0.3) is 0 Å². The van der Waals surface area contributed by atoms with Gasteiger partial charge < -0.3 is 15.0 Å². The maximum Gasteiger partial charge on any atom is 0.162 e. The Balaban J connectivity index is 5.10. The zero-order valence-corrected chi connectivity index (χ0v) is 18.9. The van der Waals surface area contributed by atoms with Gasteiger partial charge in [-0.05, 0) is 37.5 Å². The van der Waals surface area contributed by atoms with Gasteiger partial charge in [0.05, 0.1) is 5.70 Å². The van der Waals surface area contributed by atoms with Crippen LogP contribution in [0.3, 0.4) is 0 Å². The quantitative estimate of drug-likeness (QED) is 0.128. The molecule has 0 amide bonds. The van der Waals surface area contributed by atoms with E-state index in [4.69, 9.17) is 12.6 Å². The average molecular weight is 404 g/mol. The Hall–Kier alpha value is -1.40. The van der Waals surface area contributed by atoms with Crippen molar-refractivity contribution in [3.63, 3.8) is 0 Å². The third-order valence-electron chi connectivity index (χ3n) is 4.08. The van der Waals surface area contributed by atoms with E-state index in [2.05, 4.69) is 75.6 Å². The van der Waals surface area contributed by atoms with Gasteiger partial charge in [0.25, 0.3) is 0 Å². The van der Waals surface area contributed by atoms with Crippen LogP contribution in [-0.2, 0) is 4.74 Å². The van der Waals surface area contributed by atoms with E-state index in [1.807, 2.05) is 26.1 Å². The van der Waals surface area contributed by atoms with Crippen molar-refractivity contribution in [2.45, 2.75) is 50.2 Å². The summed E-state index contributed by atoms with van der Waals surface area (Å²) in [6.07, 6.45) is 8.29. The first kappa shape index (κ1) is 25.6. The monoisotopic (exact) mass is 404 g/mol. The minimum Gasteiger partial charge on any atom is -0.475 e. The molecule has 27 heavy (non-hydrogen) atoms. The highest BCUT2D eigenvalue weighted by atomic mass is 32.2. The summed E-state index contributed by atoms with van der Waals surface area (Å²) in [5, 5.41) is 3.21. The summed E-state index contributed by atoms with van der Waals surface area (Å²) < 4.78 is 4.09. The molecule has 0 bridgehead atoms. The molecule has 1 unspecified atom stereocenters. The molecule has 0 rings (SSSR count). The molecule has 6 heteroatoms. The Morgan fingerprint density at radius 1 is 1.26 bits per heavy atom. The van der Waals surface area contributed by atoms with Crippen molar-refractivity contribution in [1.82, 2.24) is 10.2 Å². The zero-order chi connectivity index (χ0) is 21.2. The largest absolute Gasteiger partial charge is 0.475 e. The minimum atomic E-state index is -1.40. The van der Waals surface area contributed by atoms with E-state index in [-0.39, 0.29) is 0 Å². The predicted molar refractivity (Wildman–Crippen MR) is 127 cm³/mol. The normalized spacial score (nSPS) is 13.6. The Bertz CT molecular complexity index is 618. The van der Waals surface area contributed by atoms with Crippen LogP contribution in [0.1, 0.15) is 40.0 Å². The smallest absolute Gasteiger partial charge is 0.162 e. The van der Waals surface area contributed by atoms with Crippen LogP contribution in [0.5, 0.6) is 0 Å². The second-order valence-electron chi connectivity index (χ2n) is 6.36. The maximum atomic E-state index is 5.68. The molecule has 0 spiro atoms. The van der Waals surface area contributed by atoms with Crippen LogP contribution in [0, 0.1) is 0 Å². The van der Waals surface area contributed by atoms with E-state index in [1.165, 1.54) is 0 Å². The molecule has 3 nitrogen and oxygen atoms in total. The summed E-state index contributed by atoms with van der Waals surface area (Å²) in [5.74, 6) is 0.459. The van der Waals surface area contributed by atoms with Gasteiger partial charge in [0.1, 0.15) is 9.92 Å². The summed E-state index contributed by atoms with van der Waals surface area (Å²) >= 11 is 8.13. The molecular formula is C21H33BN2OS2. The van der Waals surface area contributed by atoms with Gasteiger partial charge >= 0.3 is 0 Å². The van der Waals surface area contributed by atoms with Crippen molar-refractivity contribution in [3.05, 3.63) is 73.0 Å². The Morgan fingerprint density at radius 3 is 2.30 bits per heavy atom. The van der Waals surface area contributed by atoms with Crippen LogP contribution in [-0.4, -0.2) is 30.0 Å². The summed E-state index contributed by atoms with van der Waals surface area (Å²) in [4.78, 5) is 2.16. The molecule has 0 aromatic rings. The third kappa shape index (κ3) is 9.92. The van der Waals surface area contributed by atoms with Gasteiger partial charge in [-0.2, -0.15) is 0 Å². The molecule has 0 fully saturated rings. The molecule has 0 saturated carbocycles. The number of ether oxygens (including phenoxy) is 1. The number of allylic oxidation sites excluding steroid dienone is 4. The number of nitrogens with zero attached hydrogens (tertiary/aromatic N) is 1. The van der Waals surface area contributed by atoms with Crippen molar-refractivity contribution >= 4 is 33.1 Å². The van der Waals surface area contributed by atoms with Crippen molar-refractivity contribution < 1.29 is 4.74 Å². The molecular weight excluding hydrogens is 371 g/mol. The Kier molecular flexibility index (Phi) is 11.5. The highest BCUT2D eigenvalue weighted by Crippen LogP contribution is 2.24. The molecule has 0 aliphatic rings. The molecule has 148 valence electrons. The first-order valence-corrected chi connectivity index (χ1v) is 9.89. The van der Waals surface area contributed by atoms with Gasteiger partial charge in [-0.25, -0.2) is 0 Å². The highest BCUT2D eigenvalue weighted by Gasteiger charge is 2.17. The summed E-state index contributed by atoms with van der Waals surface area (Å²) in [5.41, 5.74) is 3.06.